The Morgan fingerprint density at radius 2 is 0.542 bits per heavy atom. The Kier molecular flexibility index (Phi) is 23.0. The molecule has 0 N–H and O–H groups in total. The number of hydrogen-bond acceptors (Lipinski definition) is 0. The summed E-state index contributed by atoms with van der Waals surface area (Å²) in [5, 5.41) is 0. The molecule has 0 rings (SSSR count). The zero-order chi connectivity index (χ0) is 17.6. The Balaban J connectivity index is 2.93. The van der Waals surface area contributed by atoms with Crippen LogP contribution in [0.2, 0.25) is 0 Å². The Hall–Kier alpha value is 0. The van der Waals surface area contributed by atoms with E-state index >= 15 is 0 Å². The predicted octanol–water partition coefficient (Wildman–Crippen LogP) is 9.30. The predicted molar refractivity (Wildman–Crippen MR) is 112 cm³/mol. The highest BCUT2D eigenvalue weighted by molar-refractivity contribution is 4.51. The molecule has 0 amide bonds. The lowest BCUT2D eigenvalue weighted by Gasteiger charge is -2.04. The molecular formula is C24H48. The number of unbranched alkanes of at least 4 members (excludes halogenated alkanes) is 21. The highest BCUT2D eigenvalue weighted by Crippen LogP contribution is 2.15. The van der Waals surface area contributed by atoms with Gasteiger partial charge in [0.05, 0.1) is 0 Å². The van der Waals surface area contributed by atoms with Crippen molar-refractivity contribution in [2.24, 2.45) is 0 Å². The van der Waals surface area contributed by atoms with Gasteiger partial charge in [0.15, 0.2) is 0 Å². The molecule has 0 aromatic rings. The van der Waals surface area contributed by atoms with E-state index in [0.717, 1.165) is 6.42 Å². The first-order chi connectivity index (χ1) is 11.9. The fourth-order valence-electron chi connectivity index (χ4n) is 3.58. The van der Waals surface area contributed by atoms with Gasteiger partial charge in [-0.2, -0.15) is 0 Å². The third kappa shape index (κ3) is 22.0. The molecule has 0 aliphatic heterocycles. The van der Waals surface area contributed by atoms with Crippen molar-refractivity contribution >= 4 is 0 Å². The molecule has 0 saturated carbocycles. The number of rotatable bonds is 21. The van der Waals surface area contributed by atoms with Crippen molar-refractivity contribution in [3.63, 3.8) is 0 Å². The largest absolute Gasteiger partial charge is 0.0654 e. The maximum Gasteiger partial charge on any atom is -0.0352 e. The van der Waals surface area contributed by atoms with E-state index in [2.05, 4.69) is 6.92 Å². The van der Waals surface area contributed by atoms with Gasteiger partial charge in [-0.1, -0.05) is 142 Å². The maximum absolute atomic E-state index is 5.51. The summed E-state index contributed by atoms with van der Waals surface area (Å²) in [5.41, 5.74) is 0. The first kappa shape index (κ1) is 24.0. The fourth-order valence-corrected chi connectivity index (χ4v) is 3.58. The molecular weight excluding hydrogens is 288 g/mol. The minimum Gasteiger partial charge on any atom is -0.0654 e. The Labute approximate surface area is 155 Å². The first-order valence-electron chi connectivity index (χ1n) is 11.6. The van der Waals surface area contributed by atoms with Gasteiger partial charge in [0.25, 0.3) is 0 Å². The van der Waals surface area contributed by atoms with Crippen molar-refractivity contribution in [3.8, 4) is 0 Å². The maximum atomic E-state index is 5.51. The van der Waals surface area contributed by atoms with Gasteiger partial charge >= 0.3 is 0 Å². The van der Waals surface area contributed by atoms with Crippen molar-refractivity contribution in [1.29, 1.82) is 0 Å². The monoisotopic (exact) mass is 336 g/mol. The fraction of sp³-hybridized carbons (Fsp3) is 0.958. The molecule has 0 fully saturated rings. The second kappa shape index (κ2) is 23.0. The van der Waals surface area contributed by atoms with Crippen LogP contribution in [0.25, 0.3) is 0 Å². The van der Waals surface area contributed by atoms with Gasteiger partial charge in [-0.3, -0.25) is 0 Å². The molecule has 0 aliphatic rings. The van der Waals surface area contributed by atoms with Crippen LogP contribution in [0.4, 0.5) is 0 Å². The first-order valence-corrected chi connectivity index (χ1v) is 11.6. The van der Waals surface area contributed by atoms with E-state index in [1.165, 1.54) is 135 Å². The second-order valence-electron chi connectivity index (χ2n) is 7.86. The van der Waals surface area contributed by atoms with Crippen LogP contribution in [0.15, 0.2) is 0 Å². The molecule has 0 unspecified atom stereocenters. The van der Waals surface area contributed by atoms with E-state index in [1.54, 1.807) is 0 Å². The summed E-state index contributed by atoms with van der Waals surface area (Å²) < 4.78 is 0. The molecule has 0 aromatic heterocycles. The van der Waals surface area contributed by atoms with Gasteiger partial charge in [0.1, 0.15) is 0 Å². The smallest absolute Gasteiger partial charge is 0.0352 e. The average molecular weight is 337 g/mol. The van der Waals surface area contributed by atoms with Gasteiger partial charge in [0.2, 0.25) is 0 Å². The van der Waals surface area contributed by atoms with Crippen LogP contribution in [0.3, 0.4) is 0 Å². The van der Waals surface area contributed by atoms with Gasteiger partial charge in [-0.15, -0.1) is 0 Å². The van der Waals surface area contributed by atoms with Crippen LogP contribution in [0.1, 0.15) is 148 Å². The molecule has 0 spiro atoms. The van der Waals surface area contributed by atoms with Crippen LogP contribution in [-0.2, 0) is 0 Å². The zero-order valence-corrected chi connectivity index (χ0v) is 17.1. The van der Waals surface area contributed by atoms with Crippen LogP contribution < -0.4 is 0 Å². The molecule has 0 heterocycles. The van der Waals surface area contributed by atoms with Gasteiger partial charge in [-0.25, -0.2) is 0 Å². The second-order valence-corrected chi connectivity index (χ2v) is 7.86. The lowest BCUT2D eigenvalue weighted by molar-refractivity contribution is 0.520. The summed E-state index contributed by atoms with van der Waals surface area (Å²) in [5.74, 6) is 0. The van der Waals surface area contributed by atoms with Crippen molar-refractivity contribution < 1.29 is 0 Å². The van der Waals surface area contributed by atoms with E-state index in [1.807, 2.05) is 0 Å². The Morgan fingerprint density at radius 3 is 0.750 bits per heavy atom. The molecule has 0 saturated heterocycles. The van der Waals surface area contributed by atoms with Crippen molar-refractivity contribution in [3.05, 3.63) is 6.92 Å². The summed E-state index contributed by atoms with van der Waals surface area (Å²) in [7, 11) is 0. The molecule has 24 heavy (non-hydrogen) atoms. The molecule has 0 heteroatoms. The summed E-state index contributed by atoms with van der Waals surface area (Å²) in [6, 6.07) is 0. The van der Waals surface area contributed by atoms with E-state index in [0.29, 0.717) is 0 Å². The SMILES string of the molecule is [CH]CCCCCCCCCCCCCCCCCCCCCCC. The van der Waals surface area contributed by atoms with E-state index < -0.39 is 0 Å². The minimum absolute atomic E-state index is 0.874. The molecule has 0 atom stereocenters. The van der Waals surface area contributed by atoms with E-state index in [4.69, 9.17) is 6.92 Å². The van der Waals surface area contributed by atoms with Crippen molar-refractivity contribution in [2.75, 3.05) is 0 Å². The molecule has 2 radical (unpaired) electrons. The van der Waals surface area contributed by atoms with Gasteiger partial charge in [0, 0.05) is 0 Å². The van der Waals surface area contributed by atoms with Crippen molar-refractivity contribution in [1.82, 2.24) is 0 Å². The summed E-state index contributed by atoms with van der Waals surface area (Å²) >= 11 is 0. The van der Waals surface area contributed by atoms with Crippen LogP contribution >= 0.6 is 0 Å². The molecule has 0 aromatic carbocycles. The normalized spacial score (nSPS) is 11.2. The van der Waals surface area contributed by atoms with E-state index in [-0.39, 0.29) is 0 Å². The zero-order valence-electron chi connectivity index (χ0n) is 17.1. The standard InChI is InChI=1S/C24H48/c1-3-5-7-9-11-13-15-17-19-21-23-24-22-20-18-16-14-12-10-8-6-4-2/h1H,3-24H2,2H3. The lowest BCUT2D eigenvalue weighted by Crippen LogP contribution is -1.84. The third-order valence-corrected chi connectivity index (χ3v) is 5.31. The Morgan fingerprint density at radius 1 is 0.333 bits per heavy atom. The average Bonchev–Trinajstić information content (AvgIpc) is 2.60. The van der Waals surface area contributed by atoms with Crippen molar-refractivity contribution in [2.45, 2.75) is 148 Å². The molecule has 0 nitrogen and oxygen atoms in total. The van der Waals surface area contributed by atoms with Gasteiger partial charge < -0.3 is 0 Å². The minimum atomic E-state index is 0.874. The summed E-state index contributed by atoms with van der Waals surface area (Å²) in [6.07, 6.45) is 31.2. The molecule has 0 bridgehead atoms. The third-order valence-electron chi connectivity index (χ3n) is 5.31. The highest BCUT2D eigenvalue weighted by Gasteiger charge is 1.95. The molecule has 144 valence electrons. The lowest BCUT2D eigenvalue weighted by atomic mass is 10.0. The summed E-state index contributed by atoms with van der Waals surface area (Å²) in [4.78, 5) is 0. The van der Waals surface area contributed by atoms with Crippen LogP contribution in [-0.4, -0.2) is 0 Å². The summed E-state index contributed by atoms with van der Waals surface area (Å²) in [6.45, 7) is 7.81. The number of hydrogen-bond donors (Lipinski definition) is 0. The van der Waals surface area contributed by atoms with E-state index in [9.17, 15) is 0 Å². The molecule has 0 aliphatic carbocycles. The topological polar surface area (TPSA) is 0 Å². The van der Waals surface area contributed by atoms with Crippen LogP contribution in [0, 0.1) is 6.92 Å². The van der Waals surface area contributed by atoms with Crippen LogP contribution in [0.5, 0.6) is 0 Å². The highest BCUT2D eigenvalue weighted by atomic mass is 14.0. The Bertz CT molecular complexity index is 174. The van der Waals surface area contributed by atoms with Gasteiger partial charge in [-0.05, 0) is 13.3 Å². The quantitative estimate of drug-likeness (QED) is 0.183.